The molecule has 2 amide bonds. The lowest BCUT2D eigenvalue weighted by atomic mass is 9.76. The van der Waals surface area contributed by atoms with Crippen LogP contribution in [0, 0.1) is 0 Å². The minimum Gasteiger partial charge on any atom is -0.480 e. The van der Waals surface area contributed by atoms with E-state index in [9.17, 15) is 19.5 Å². The lowest BCUT2D eigenvalue weighted by molar-refractivity contribution is -0.143. The Labute approximate surface area is 180 Å². The van der Waals surface area contributed by atoms with E-state index >= 15 is 0 Å². The predicted molar refractivity (Wildman–Crippen MR) is 115 cm³/mol. The molecule has 7 heteroatoms. The van der Waals surface area contributed by atoms with E-state index in [0.29, 0.717) is 12.8 Å². The van der Waals surface area contributed by atoms with Gasteiger partial charge in [-0.3, -0.25) is 4.79 Å². The Hall–Kier alpha value is -3.35. The molecule has 0 radical (unpaired) electrons. The van der Waals surface area contributed by atoms with Gasteiger partial charge < -0.3 is 20.5 Å². The minimum absolute atomic E-state index is 0.0687. The maximum absolute atomic E-state index is 12.7. The van der Waals surface area contributed by atoms with Gasteiger partial charge in [0.25, 0.3) is 0 Å². The average molecular weight is 422 g/mol. The zero-order valence-electron chi connectivity index (χ0n) is 17.4. The lowest BCUT2D eigenvalue weighted by Crippen LogP contribution is -2.64. The number of nitrogens with one attached hydrogen (secondary N) is 2. The van der Waals surface area contributed by atoms with E-state index < -0.39 is 29.6 Å². The van der Waals surface area contributed by atoms with Crippen molar-refractivity contribution >= 4 is 18.0 Å². The Bertz CT molecular complexity index is 969. The van der Waals surface area contributed by atoms with Gasteiger partial charge in [-0.25, -0.2) is 9.59 Å². The van der Waals surface area contributed by atoms with Gasteiger partial charge in [-0.1, -0.05) is 55.5 Å². The van der Waals surface area contributed by atoms with Gasteiger partial charge in [-0.15, -0.1) is 0 Å². The molecular weight excluding hydrogens is 396 g/mol. The van der Waals surface area contributed by atoms with Gasteiger partial charge in [-0.05, 0) is 47.9 Å². The van der Waals surface area contributed by atoms with Gasteiger partial charge in [0.1, 0.15) is 18.2 Å². The number of carboxylic acid groups (broad SMARTS) is 1. The number of carboxylic acids is 1. The first-order valence-electron chi connectivity index (χ1n) is 10.6. The molecule has 0 spiro atoms. The Morgan fingerprint density at radius 3 is 2.13 bits per heavy atom. The predicted octanol–water partition coefficient (Wildman–Crippen LogP) is 3.43. The van der Waals surface area contributed by atoms with E-state index in [1.807, 2.05) is 36.4 Å². The fourth-order valence-electron chi connectivity index (χ4n) is 4.40. The molecule has 2 aliphatic rings. The number of ether oxygens (including phenoxy) is 1. The van der Waals surface area contributed by atoms with Crippen molar-refractivity contribution in [2.24, 2.45) is 0 Å². The van der Waals surface area contributed by atoms with Crippen molar-refractivity contribution in [2.75, 3.05) is 6.61 Å². The highest BCUT2D eigenvalue weighted by atomic mass is 16.5. The van der Waals surface area contributed by atoms with Gasteiger partial charge in [0, 0.05) is 5.92 Å². The molecule has 7 nitrogen and oxygen atoms in total. The van der Waals surface area contributed by atoms with Crippen LogP contribution in [-0.4, -0.2) is 41.3 Å². The quantitative estimate of drug-likeness (QED) is 0.634. The Kier molecular flexibility index (Phi) is 5.67. The second kappa shape index (κ2) is 8.41. The van der Waals surface area contributed by atoms with Crippen LogP contribution in [0.3, 0.4) is 0 Å². The van der Waals surface area contributed by atoms with Crippen molar-refractivity contribution in [3.8, 4) is 11.1 Å². The molecule has 4 rings (SSSR count). The largest absolute Gasteiger partial charge is 0.480 e. The van der Waals surface area contributed by atoms with E-state index in [1.165, 1.54) is 0 Å². The zero-order chi connectivity index (χ0) is 22.0. The van der Waals surface area contributed by atoms with Crippen molar-refractivity contribution in [1.29, 1.82) is 0 Å². The summed E-state index contributed by atoms with van der Waals surface area (Å²) in [6.45, 7) is 1.84. The summed E-state index contributed by atoms with van der Waals surface area (Å²) in [6.07, 6.45) is 1.29. The molecule has 2 aromatic carbocycles. The molecule has 1 saturated carbocycles. The molecular formula is C24H26N2O5. The Balaban J connectivity index is 1.42. The van der Waals surface area contributed by atoms with E-state index in [0.717, 1.165) is 28.7 Å². The van der Waals surface area contributed by atoms with Crippen LogP contribution >= 0.6 is 0 Å². The summed E-state index contributed by atoms with van der Waals surface area (Å²) in [5.41, 5.74) is 3.40. The van der Waals surface area contributed by atoms with Crippen LogP contribution in [-0.2, 0) is 14.3 Å². The third kappa shape index (κ3) is 3.87. The molecule has 31 heavy (non-hydrogen) atoms. The summed E-state index contributed by atoms with van der Waals surface area (Å²) in [5, 5.41) is 14.4. The smallest absolute Gasteiger partial charge is 0.408 e. The highest BCUT2D eigenvalue weighted by Crippen LogP contribution is 2.44. The molecule has 1 fully saturated rings. The number of hydrogen-bond acceptors (Lipinski definition) is 4. The summed E-state index contributed by atoms with van der Waals surface area (Å²) in [6, 6.07) is 15.2. The molecule has 0 saturated heterocycles. The third-order valence-corrected chi connectivity index (χ3v) is 6.34. The molecule has 3 N–H and O–H groups in total. The van der Waals surface area contributed by atoms with Crippen molar-refractivity contribution in [3.63, 3.8) is 0 Å². The van der Waals surface area contributed by atoms with Crippen LogP contribution in [0.5, 0.6) is 0 Å². The second-order valence-electron chi connectivity index (χ2n) is 8.16. The summed E-state index contributed by atoms with van der Waals surface area (Å²) < 4.78 is 5.55. The molecule has 2 aromatic rings. The molecule has 2 aliphatic carbocycles. The number of carbonyl (C=O) groups excluding carboxylic acids is 2. The first-order valence-corrected chi connectivity index (χ1v) is 10.6. The molecule has 0 aliphatic heterocycles. The SMILES string of the molecule is CC[C@@H](NC(=O)C1(NC(=O)OCC2c3ccccc3-c3ccccc32)CCC1)C(=O)O. The number of benzene rings is 2. The topological polar surface area (TPSA) is 105 Å². The van der Waals surface area contributed by atoms with Crippen molar-refractivity contribution in [2.45, 2.75) is 50.1 Å². The zero-order valence-corrected chi connectivity index (χ0v) is 17.4. The maximum Gasteiger partial charge on any atom is 0.408 e. The number of amides is 2. The molecule has 0 heterocycles. The summed E-state index contributed by atoms with van der Waals surface area (Å²) >= 11 is 0. The summed E-state index contributed by atoms with van der Waals surface area (Å²) in [4.78, 5) is 36.5. The first kappa shape index (κ1) is 20.9. The second-order valence-corrected chi connectivity index (χ2v) is 8.16. The third-order valence-electron chi connectivity index (χ3n) is 6.34. The average Bonchev–Trinajstić information content (AvgIpc) is 3.06. The Morgan fingerprint density at radius 1 is 1.06 bits per heavy atom. The van der Waals surface area contributed by atoms with Crippen LogP contribution in [0.1, 0.15) is 49.7 Å². The molecule has 0 bridgehead atoms. The van der Waals surface area contributed by atoms with Crippen LogP contribution in [0.2, 0.25) is 0 Å². The highest BCUT2D eigenvalue weighted by Gasteiger charge is 2.47. The van der Waals surface area contributed by atoms with Crippen LogP contribution in [0.15, 0.2) is 48.5 Å². The number of rotatable bonds is 7. The van der Waals surface area contributed by atoms with Crippen molar-refractivity contribution < 1.29 is 24.2 Å². The van der Waals surface area contributed by atoms with E-state index in [-0.39, 0.29) is 18.9 Å². The van der Waals surface area contributed by atoms with Crippen LogP contribution < -0.4 is 10.6 Å². The Morgan fingerprint density at radius 2 is 1.65 bits per heavy atom. The molecule has 162 valence electrons. The van der Waals surface area contributed by atoms with Gasteiger partial charge in [0.05, 0.1) is 0 Å². The monoisotopic (exact) mass is 422 g/mol. The fourth-order valence-corrected chi connectivity index (χ4v) is 4.40. The van der Waals surface area contributed by atoms with E-state index in [2.05, 4.69) is 22.8 Å². The minimum atomic E-state index is -1.11. The highest BCUT2D eigenvalue weighted by molar-refractivity contribution is 5.93. The van der Waals surface area contributed by atoms with Gasteiger partial charge in [-0.2, -0.15) is 0 Å². The first-order chi connectivity index (χ1) is 14.9. The number of aliphatic carboxylic acids is 1. The van der Waals surface area contributed by atoms with Crippen molar-refractivity contribution in [1.82, 2.24) is 10.6 Å². The maximum atomic E-state index is 12.7. The number of hydrogen-bond donors (Lipinski definition) is 3. The number of alkyl carbamates (subject to hydrolysis) is 1. The van der Waals surface area contributed by atoms with E-state index in [1.54, 1.807) is 6.92 Å². The van der Waals surface area contributed by atoms with Crippen molar-refractivity contribution in [3.05, 3.63) is 59.7 Å². The summed E-state index contributed by atoms with van der Waals surface area (Å²) in [5.74, 6) is -1.63. The normalized spacial score (nSPS) is 16.9. The lowest BCUT2D eigenvalue weighted by Gasteiger charge is -2.40. The number of carbonyl (C=O) groups is 3. The van der Waals surface area contributed by atoms with E-state index in [4.69, 9.17) is 4.74 Å². The van der Waals surface area contributed by atoms with Gasteiger partial charge >= 0.3 is 12.1 Å². The van der Waals surface area contributed by atoms with Gasteiger partial charge in [0.2, 0.25) is 5.91 Å². The number of fused-ring (bicyclic) bond motifs is 3. The van der Waals surface area contributed by atoms with Crippen LogP contribution in [0.25, 0.3) is 11.1 Å². The summed E-state index contributed by atoms with van der Waals surface area (Å²) in [7, 11) is 0. The fraction of sp³-hybridized carbons (Fsp3) is 0.375. The van der Waals surface area contributed by atoms with Crippen LogP contribution in [0.4, 0.5) is 4.79 Å². The standard InChI is InChI=1S/C24H26N2O5/c1-2-20(21(27)28)25-22(29)24(12-7-13-24)26-23(30)31-14-19-17-10-5-3-8-15(17)16-9-4-6-11-18(16)19/h3-6,8-11,19-20H,2,7,12-14H2,1H3,(H,25,29)(H,26,30)(H,27,28)/t20-/m1/s1. The molecule has 0 aromatic heterocycles. The molecule has 0 unspecified atom stereocenters. The molecule has 1 atom stereocenters. The van der Waals surface area contributed by atoms with Gasteiger partial charge in [0.15, 0.2) is 0 Å².